The van der Waals surface area contributed by atoms with E-state index in [1.54, 1.807) is 7.11 Å². The van der Waals surface area contributed by atoms with Crippen molar-refractivity contribution in [3.8, 4) is 5.75 Å². The summed E-state index contributed by atoms with van der Waals surface area (Å²) in [7, 11) is 1.69. The molecule has 25 heavy (non-hydrogen) atoms. The number of hydrogen-bond donors (Lipinski definition) is 1. The molecule has 0 spiro atoms. The molecule has 1 aromatic carbocycles. The molecule has 0 aliphatic carbocycles. The zero-order valence-electron chi connectivity index (χ0n) is 14.8. The quantitative estimate of drug-likeness (QED) is 0.933. The summed E-state index contributed by atoms with van der Waals surface area (Å²) >= 11 is 0. The van der Waals surface area contributed by atoms with Crippen molar-refractivity contribution in [1.82, 2.24) is 15.2 Å². The maximum atomic E-state index is 11.9. The molecule has 2 aromatic rings. The Kier molecular flexibility index (Phi) is 4.11. The molecule has 1 N–H and O–H groups in total. The molecule has 2 aliphatic rings. The fourth-order valence-electron chi connectivity index (χ4n) is 3.96. The molecule has 6 heteroatoms. The van der Waals surface area contributed by atoms with Crippen LogP contribution in [-0.4, -0.2) is 55.2 Å². The number of ether oxygens (including phenoxy) is 1. The van der Waals surface area contributed by atoms with Gasteiger partial charge in [-0.05, 0) is 44.0 Å². The zero-order valence-corrected chi connectivity index (χ0v) is 14.8. The van der Waals surface area contributed by atoms with Crippen LogP contribution in [0.25, 0.3) is 10.9 Å². The van der Waals surface area contributed by atoms with Crippen LogP contribution in [0, 0.1) is 6.92 Å². The summed E-state index contributed by atoms with van der Waals surface area (Å²) < 4.78 is 5.39. The summed E-state index contributed by atoms with van der Waals surface area (Å²) in [5.41, 5.74) is 3.23. The summed E-state index contributed by atoms with van der Waals surface area (Å²) in [5.74, 6) is 0.850. The second kappa shape index (κ2) is 6.43. The van der Waals surface area contributed by atoms with Crippen LogP contribution in [0.5, 0.6) is 5.75 Å². The third-order valence-corrected chi connectivity index (χ3v) is 5.26. The van der Waals surface area contributed by atoms with Crippen LogP contribution in [0.3, 0.4) is 0 Å². The van der Waals surface area contributed by atoms with Gasteiger partial charge in [-0.2, -0.15) is 0 Å². The van der Waals surface area contributed by atoms with Crippen LogP contribution in [0.15, 0.2) is 24.3 Å². The lowest BCUT2D eigenvalue weighted by Gasteiger charge is -2.37. The van der Waals surface area contributed by atoms with Crippen molar-refractivity contribution in [2.45, 2.75) is 25.8 Å². The second-order valence-corrected chi connectivity index (χ2v) is 6.81. The van der Waals surface area contributed by atoms with E-state index in [2.05, 4.69) is 27.3 Å². The summed E-state index contributed by atoms with van der Waals surface area (Å²) in [6, 6.07) is 8.64. The molecule has 2 aliphatic heterocycles. The van der Waals surface area contributed by atoms with E-state index in [9.17, 15) is 4.79 Å². The van der Waals surface area contributed by atoms with Gasteiger partial charge in [0.05, 0.1) is 12.6 Å². The Bertz CT molecular complexity index is 799. The van der Waals surface area contributed by atoms with E-state index in [0.717, 1.165) is 61.4 Å². The lowest BCUT2D eigenvalue weighted by atomic mass is 10.0. The number of pyridine rings is 1. The maximum Gasteiger partial charge on any atom is 0.317 e. The third kappa shape index (κ3) is 2.97. The van der Waals surface area contributed by atoms with Crippen LogP contribution in [0.1, 0.15) is 18.5 Å². The van der Waals surface area contributed by atoms with E-state index in [0.29, 0.717) is 6.04 Å². The van der Waals surface area contributed by atoms with Gasteiger partial charge in [-0.15, -0.1) is 0 Å². The van der Waals surface area contributed by atoms with Gasteiger partial charge in [0, 0.05) is 49.0 Å². The van der Waals surface area contributed by atoms with E-state index in [4.69, 9.17) is 4.74 Å². The Hall–Kier alpha value is -2.50. The first kappa shape index (κ1) is 16.0. The van der Waals surface area contributed by atoms with Gasteiger partial charge >= 0.3 is 6.03 Å². The smallest absolute Gasteiger partial charge is 0.317 e. The number of aromatic nitrogens is 1. The van der Waals surface area contributed by atoms with Gasteiger partial charge in [-0.25, -0.2) is 4.79 Å². The van der Waals surface area contributed by atoms with Gasteiger partial charge in [0.1, 0.15) is 5.75 Å². The van der Waals surface area contributed by atoms with E-state index in [1.165, 1.54) is 5.69 Å². The molecule has 4 rings (SSSR count). The molecule has 1 aromatic heterocycles. The van der Waals surface area contributed by atoms with E-state index < -0.39 is 0 Å². The van der Waals surface area contributed by atoms with Crippen molar-refractivity contribution in [3.05, 3.63) is 30.0 Å². The molecular formula is C19H24N4O2. The first-order chi connectivity index (χ1) is 12.2. The number of anilines is 1. The number of rotatable bonds is 3. The minimum Gasteiger partial charge on any atom is -0.497 e. The summed E-state index contributed by atoms with van der Waals surface area (Å²) in [4.78, 5) is 21.0. The summed E-state index contributed by atoms with van der Waals surface area (Å²) in [5, 5.41) is 4.03. The molecule has 0 radical (unpaired) electrons. The van der Waals surface area contributed by atoms with Crippen LogP contribution in [0.2, 0.25) is 0 Å². The molecular weight excluding hydrogens is 316 g/mol. The summed E-state index contributed by atoms with van der Waals surface area (Å²) in [6.07, 6.45) is 2.00. The Labute approximate surface area is 147 Å². The number of nitrogens with zero attached hydrogens (tertiary/aromatic N) is 3. The van der Waals surface area contributed by atoms with Crippen molar-refractivity contribution in [2.75, 3.05) is 38.2 Å². The molecule has 0 bridgehead atoms. The van der Waals surface area contributed by atoms with Gasteiger partial charge in [-0.1, -0.05) is 0 Å². The van der Waals surface area contributed by atoms with Crippen molar-refractivity contribution < 1.29 is 9.53 Å². The first-order valence-electron chi connectivity index (χ1n) is 8.90. The standard InChI is InChI=1S/C19H24N4O2/c1-13-11-18(16-12-15(25-2)3-4-17(16)21-13)22-8-5-14(6-9-22)23-10-7-20-19(23)24/h3-4,11-12,14H,5-10H2,1-2H3,(H,20,24). The number of aryl methyl sites for hydroxylation is 1. The third-order valence-electron chi connectivity index (χ3n) is 5.26. The highest BCUT2D eigenvalue weighted by molar-refractivity contribution is 5.93. The predicted molar refractivity (Wildman–Crippen MR) is 98.4 cm³/mol. The van der Waals surface area contributed by atoms with Gasteiger partial charge in [0.2, 0.25) is 0 Å². The fraction of sp³-hybridized carbons (Fsp3) is 0.474. The minimum absolute atomic E-state index is 0.0911. The largest absolute Gasteiger partial charge is 0.497 e. The Morgan fingerprint density at radius 1 is 1.20 bits per heavy atom. The molecule has 3 heterocycles. The molecule has 2 saturated heterocycles. The fourth-order valence-corrected chi connectivity index (χ4v) is 3.96. The van der Waals surface area contributed by atoms with E-state index in [1.807, 2.05) is 24.0 Å². The Morgan fingerprint density at radius 3 is 2.68 bits per heavy atom. The predicted octanol–water partition coefficient (Wildman–Crippen LogP) is 2.55. The maximum absolute atomic E-state index is 11.9. The van der Waals surface area contributed by atoms with Gasteiger partial charge < -0.3 is 19.9 Å². The van der Waals surface area contributed by atoms with Crippen LogP contribution < -0.4 is 15.0 Å². The Morgan fingerprint density at radius 2 is 2.00 bits per heavy atom. The molecule has 0 unspecified atom stereocenters. The number of carbonyl (C=O) groups is 1. The molecule has 2 amide bonds. The number of piperidine rings is 1. The average molecular weight is 340 g/mol. The molecule has 0 saturated carbocycles. The highest BCUT2D eigenvalue weighted by Gasteiger charge is 2.31. The van der Waals surface area contributed by atoms with Crippen LogP contribution in [0.4, 0.5) is 10.5 Å². The monoisotopic (exact) mass is 340 g/mol. The number of nitrogens with one attached hydrogen (secondary N) is 1. The number of benzene rings is 1. The van der Waals surface area contributed by atoms with E-state index in [-0.39, 0.29) is 6.03 Å². The zero-order chi connectivity index (χ0) is 17.4. The highest BCUT2D eigenvalue weighted by Crippen LogP contribution is 2.32. The first-order valence-corrected chi connectivity index (χ1v) is 8.90. The normalized spacial score (nSPS) is 18.7. The number of fused-ring (bicyclic) bond motifs is 1. The van der Waals surface area contributed by atoms with Crippen molar-refractivity contribution in [1.29, 1.82) is 0 Å². The topological polar surface area (TPSA) is 57.7 Å². The summed E-state index contributed by atoms with van der Waals surface area (Å²) in [6.45, 7) is 5.54. The molecule has 132 valence electrons. The van der Waals surface area contributed by atoms with Gasteiger partial charge in [0.25, 0.3) is 0 Å². The second-order valence-electron chi connectivity index (χ2n) is 6.81. The van der Waals surface area contributed by atoms with Crippen LogP contribution in [-0.2, 0) is 0 Å². The van der Waals surface area contributed by atoms with Crippen molar-refractivity contribution in [3.63, 3.8) is 0 Å². The molecule has 6 nitrogen and oxygen atoms in total. The van der Waals surface area contributed by atoms with Gasteiger partial charge in [0.15, 0.2) is 0 Å². The molecule has 0 atom stereocenters. The highest BCUT2D eigenvalue weighted by atomic mass is 16.5. The number of urea groups is 1. The number of carbonyl (C=O) groups excluding carboxylic acids is 1. The number of amides is 2. The van der Waals surface area contributed by atoms with Crippen molar-refractivity contribution in [2.24, 2.45) is 0 Å². The number of hydrogen-bond acceptors (Lipinski definition) is 4. The lowest BCUT2D eigenvalue weighted by Crippen LogP contribution is -2.46. The Balaban J connectivity index is 1.59. The SMILES string of the molecule is COc1ccc2nc(C)cc(N3CCC(N4CCNC4=O)CC3)c2c1. The minimum atomic E-state index is 0.0911. The molecule has 2 fully saturated rings. The lowest BCUT2D eigenvalue weighted by molar-refractivity contribution is 0.186. The average Bonchev–Trinajstić information content (AvgIpc) is 3.07. The number of methoxy groups -OCH3 is 1. The van der Waals surface area contributed by atoms with E-state index >= 15 is 0 Å². The van der Waals surface area contributed by atoms with Crippen molar-refractivity contribution >= 4 is 22.6 Å². The van der Waals surface area contributed by atoms with Crippen LogP contribution >= 0.6 is 0 Å². The van der Waals surface area contributed by atoms with Gasteiger partial charge in [-0.3, -0.25) is 4.98 Å².